The molecule has 2 saturated heterocycles. The number of anilines is 2. The van der Waals surface area contributed by atoms with Crippen LogP contribution in [0.3, 0.4) is 0 Å². The lowest BCUT2D eigenvalue weighted by Gasteiger charge is -2.29. The van der Waals surface area contributed by atoms with Crippen LogP contribution in [0.2, 0.25) is 0 Å². The van der Waals surface area contributed by atoms with E-state index in [9.17, 15) is 17.6 Å². The minimum absolute atomic E-state index is 0.103. The number of aryl methyl sites for hydroxylation is 1. The maximum absolute atomic E-state index is 14.6. The average molecular weight is 447 g/mol. The number of fused-ring (bicyclic) bond motifs is 3. The molecule has 2 aliphatic heterocycles. The first-order valence-corrected chi connectivity index (χ1v) is 10.4. The number of rotatable bonds is 4. The van der Waals surface area contributed by atoms with Crippen molar-refractivity contribution in [1.82, 2.24) is 15.2 Å². The van der Waals surface area contributed by atoms with Gasteiger partial charge in [0.1, 0.15) is 5.82 Å². The van der Waals surface area contributed by atoms with Crippen LogP contribution < -0.4 is 10.2 Å². The van der Waals surface area contributed by atoms with Crippen LogP contribution in [-0.2, 0) is 10.9 Å². The van der Waals surface area contributed by atoms with Crippen molar-refractivity contribution < 1.29 is 22.3 Å². The van der Waals surface area contributed by atoms with E-state index in [1.807, 2.05) is 6.07 Å². The van der Waals surface area contributed by atoms with Crippen molar-refractivity contribution in [3.63, 3.8) is 0 Å². The van der Waals surface area contributed by atoms with Crippen molar-refractivity contribution in [1.29, 1.82) is 0 Å². The lowest BCUT2D eigenvalue weighted by atomic mass is 10.0. The van der Waals surface area contributed by atoms with Crippen molar-refractivity contribution in [2.75, 3.05) is 23.4 Å². The third-order valence-electron chi connectivity index (χ3n) is 6.16. The van der Waals surface area contributed by atoms with Gasteiger partial charge in [-0.15, -0.1) is 5.10 Å². The molecule has 0 amide bonds. The van der Waals surface area contributed by atoms with Gasteiger partial charge in [0.05, 0.1) is 53.5 Å². The van der Waals surface area contributed by atoms with Gasteiger partial charge >= 0.3 is 6.18 Å². The number of benzene rings is 1. The van der Waals surface area contributed by atoms with Gasteiger partial charge in [-0.3, -0.25) is 4.98 Å². The maximum atomic E-state index is 14.6. The molecule has 5 rings (SSSR count). The van der Waals surface area contributed by atoms with Crippen molar-refractivity contribution in [3.8, 4) is 0 Å². The van der Waals surface area contributed by atoms with Crippen LogP contribution in [0.5, 0.6) is 0 Å². The molecule has 2 aliphatic rings. The monoisotopic (exact) mass is 447 g/mol. The molecule has 2 aromatic heterocycles. The number of nitrogens with zero attached hydrogens (tertiary/aromatic N) is 4. The highest BCUT2D eigenvalue weighted by Gasteiger charge is 2.39. The average Bonchev–Trinajstić information content (AvgIpc) is 3.38. The molecule has 1 aromatic carbocycles. The van der Waals surface area contributed by atoms with Gasteiger partial charge in [0, 0.05) is 17.5 Å². The first-order valence-electron chi connectivity index (χ1n) is 10.4. The number of hydrogen-bond donors (Lipinski definition) is 1. The summed E-state index contributed by atoms with van der Waals surface area (Å²) < 4.78 is 59.7. The summed E-state index contributed by atoms with van der Waals surface area (Å²) in [6.07, 6.45) is -1.79. The van der Waals surface area contributed by atoms with Gasteiger partial charge in [-0.25, -0.2) is 4.39 Å². The summed E-state index contributed by atoms with van der Waals surface area (Å²) in [5.41, 5.74) is 0.777. The molecule has 0 saturated carbocycles. The number of nitrogens with one attached hydrogen (secondary N) is 1. The topological polar surface area (TPSA) is 63.2 Å². The Morgan fingerprint density at radius 3 is 2.75 bits per heavy atom. The summed E-state index contributed by atoms with van der Waals surface area (Å²) in [5, 5.41) is 12.0. The van der Waals surface area contributed by atoms with E-state index in [0.29, 0.717) is 35.1 Å². The minimum atomic E-state index is -4.77. The van der Waals surface area contributed by atoms with Gasteiger partial charge in [0.15, 0.2) is 5.82 Å². The number of halogens is 4. The van der Waals surface area contributed by atoms with E-state index in [4.69, 9.17) is 4.74 Å². The van der Waals surface area contributed by atoms with Crippen molar-refractivity contribution in [2.24, 2.45) is 0 Å². The van der Waals surface area contributed by atoms with Crippen LogP contribution in [0.15, 0.2) is 30.5 Å². The van der Waals surface area contributed by atoms with Gasteiger partial charge in [0.25, 0.3) is 0 Å². The van der Waals surface area contributed by atoms with Crippen molar-refractivity contribution >= 4 is 22.4 Å². The molecule has 168 valence electrons. The van der Waals surface area contributed by atoms with Gasteiger partial charge in [-0.2, -0.15) is 18.3 Å². The van der Waals surface area contributed by atoms with Gasteiger partial charge < -0.3 is 15.0 Å². The molecule has 4 heterocycles. The molecule has 3 aromatic rings. The van der Waals surface area contributed by atoms with Crippen LogP contribution in [-0.4, -0.2) is 40.5 Å². The van der Waals surface area contributed by atoms with E-state index in [2.05, 4.69) is 25.4 Å². The van der Waals surface area contributed by atoms with E-state index in [-0.39, 0.29) is 11.7 Å². The highest BCUT2D eigenvalue weighted by atomic mass is 19.4. The molecule has 10 heteroatoms. The van der Waals surface area contributed by atoms with Crippen LogP contribution >= 0.6 is 0 Å². The van der Waals surface area contributed by atoms with E-state index in [1.54, 1.807) is 20.0 Å². The number of morpholine rings is 1. The lowest BCUT2D eigenvalue weighted by Crippen LogP contribution is -2.36. The summed E-state index contributed by atoms with van der Waals surface area (Å²) in [4.78, 5) is 6.81. The Kier molecular flexibility index (Phi) is 4.92. The molecule has 0 spiro atoms. The SMILES string of the molecule is Cc1nnc(N[C@H](C)c2cccc(C(F)(F)F)c2F)c2cc(N3CC4CC3CO4)cnc12. The molecule has 2 bridgehead atoms. The fourth-order valence-corrected chi connectivity index (χ4v) is 4.51. The predicted molar refractivity (Wildman–Crippen MR) is 111 cm³/mol. The Morgan fingerprint density at radius 1 is 1.25 bits per heavy atom. The zero-order valence-corrected chi connectivity index (χ0v) is 17.4. The van der Waals surface area contributed by atoms with Crippen LogP contribution in [0.4, 0.5) is 29.1 Å². The Morgan fingerprint density at radius 2 is 2.06 bits per heavy atom. The second kappa shape index (κ2) is 7.54. The summed E-state index contributed by atoms with van der Waals surface area (Å²) in [5.74, 6) is -0.957. The van der Waals surface area contributed by atoms with Gasteiger partial charge in [0.2, 0.25) is 0 Å². The van der Waals surface area contributed by atoms with E-state index >= 15 is 0 Å². The van der Waals surface area contributed by atoms with E-state index < -0.39 is 23.6 Å². The second-order valence-corrected chi connectivity index (χ2v) is 8.29. The Balaban J connectivity index is 1.50. The van der Waals surface area contributed by atoms with Gasteiger partial charge in [-0.05, 0) is 32.4 Å². The smallest absolute Gasteiger partial charge is 0.374 e. The molecular weight excluding hydrogens is 426 g/mol. The largest absolute Gasteiger partial charge is 0.419 e. The number of pyridine rings is 1. The number of alkyl halides is 3. The first kappa shape index (κ1) is 20.9. The highest BCUT2D eigenvalue weighted by molar-refractivity contribution is 5.92. The zero-order chi connectivity index (χ0) is 22.6. The third-order valence-corrected chi connectivity index (χ3v) is 6.16. The Labute approximate surface area is 181 Å². The first-order chi connectivity index (χ1) is 15.2. The molecule has 32 heavy (non-hydrogen) atoms. The second-order valence-electron chi connectivity index (χ2n) is 8.29. The molecule has 6 nitrogen and oxygen atoms in total. The van der Waals surface area contributed by atoms with Gasteiger partial charge in [-0.1, -0.05) is 12.1 Å². The fourth-order valence-electron chi connectivity index (χ4n) is 4.51. The summed E-state index contributed by atoms with van der Waals surface area (Å²) in [7, 11) is 0. The molecule has 2 unspecified atom stereocenters. The van der Waals surface area contributed by atoms with E-state index in [0.717, 1.165) is 24.7 Å². The standard InChI is InChI=1S/C22H21F4N5O/c1-11(16-4-3-5-18(19(16)23)22(24,25)26)28-21-17-7-13(8-27-20(17)12(2)29-30-21)31-9-15-6-14(31)10-32-15/h3-5,7-8,11,14-15H,6,9-10H2,1-2H3,(H,28,30)/t11-,14?,15?/m1/s1. The molecule has 0 aliphatic carbocycles. The normalized spacial score (nSPS) is 21.4. The quantitative estimate of drug-likeness (QED) is 0.588. The molecule has 2 fully saturated rings. The molecule has 0 radical (unpaired) electrons. The third kappa shape index (κ3) is 3.52. The molecule has 1 N–H and O–H groups in total. The van der Waals surface area contributed by atoms with Crippen molar-refractivity contribution in [3.05, 3.63) is 53.1 Å². The molecular formula is C22H21F4N5O. The highest BCUT2D eigenvalue weighted by Crippen LogP contribution is 2.37. The Hall–Kier alpha value is -3.01. The molecule has 3 atom stereocenters. The fraction of sp³-hybridized carbons (Fsp3) is 0.409. The minimum Gasteiger partial charge on any atom is -0.374 e. The Bertz CT molecular complexity index is 1180. The van der Waals surface area contributed by atoms with E-state index in [1.165, 1.54) is 12.1 Å². The zero-order valence-electron chi connectivity index (χ0n) is 17.4. The van der Waals surface area contributed by atoms with Crippen molar-refractivity contribution in [2.45, 2.75) is 44.6 Å². The predicted octanol–water partition coefficient (Wildman–Crippen LogP) is 4.64. The number of ether oxygens (including phenoxy) is 1. The van der Waals surface area contributed by atoms with Crippen LogP contribution in [0.1, 0.15) is 36.2 Å². The van der Waals surface area contributed by atoms with Crippen LogP contribution in [0, 0.1) is 12.7 Å². The lowest BCUT2D eigenvalue weighted by molar-refractivity contribution is -0.140. The summed E-state index contributed by atoms with van der Waals surface area (Å²) >= 11 is 0. The summed E-state index contributed by atoms with van der Waals surface area (Å²) in [6, 6.07) is 4.72. The maximum Gasteiger partial charge on any atom is 0.419 e. The number of aromatic nitrogens is 3. The summed E-state index contributed by atoms with van der Waals surface area (Å²) in [6.45, 7) is 4.82. The van der Waals surface area contributed by atoms with Crippen LogP contribution in [0.25, 0.3) is 10.9 Å². The number of hydrogen-bond acceptors (Lipinski definition) is 6.